The predicted octanol–water partition coefficient (Wildman–Crippen LogP) is 4.04. The topological polar surface area (TPSA) is 87.2 Å². The van der Waals surface area contributed by atoms with Crippen molar-refractivity contribution in [1.82, 2.24) is 0 Å². The molecule has 1 saturated heterocycles. The zero-order chi connectivity index (χ0) is 20.4. The Morgan fingerprint density at radius 2 is 1.93 bits per heavy atom. The van der Waals surface area contributed by atoms with Gasteiger partial charge in [0.2, 0.25) is 5.91 Å². The Labute approximate surface area is 174 Å². The number of primary amides is 1. The number of hydrogen-bond donors (Lipinski definition) is 1. The minimum Gasteiger partial charge on any atom is -0.365 e. The zero-order valence-electron chi connectivity index (χ0n) is 14.2. The van der Waals surface area contributed by atoms with Crippen LogP contribution >= 0.6 is 35.0 Å². The SMILES string of the molecule is N#C/C(C(N)=O)=C1\S[C@H](Cc2cc(Cl)ccc2Cl)C(=O)N1c1ccc(F)cc1. The molecular weight excluding hydrogens is 424 g/mol. The Hall–Kier alpha value is -2.53. The summed E-state index contributed by atoms with van der Waals surface area (Å²) < 4.78 is 13.3. The van der Waals surface area contributed by atoms with Crippen molar-refractivity contribution < 1.29 is 14.0 Å². The highest BCUT2D eigenvalue weighted by atomic mass is 35.5. The van der Waals surface area contributed by atoms with Gasteiger partial charge in [-0.25, -0.2) is 4.39 Å². The highest BCUT2D eigenvalue weighted by Crippen LogP contribution is 2.42. The van der Waals surface area contributed by atoms with Crippen LogP contribution in [0.2, 0.25) is 10.0 Å². The first-order chi connectivity index (χ1) is 13.3. The molecule has 0 unspecified atom stereocenters. The molecule has 0 saturated carbocycles. The van der Waals surface area contributed by atoms with Gasteiger partial charge >= 0.3 is 0 Å². The maximum Gasteiger partial charge on any atom is 0.262 e. The van der Waals surface area contributed by atoms with Crippen LogP contribution in [0.15, 0.2) is 53.1 Å². The van der Waals surface area contributed by atoms with E-state index in [1.165, 1.54) is 29.2 Å². The molecule has 0 aliphatic carbocycles. The molecule has 1 atom stereocenters. The highest BCUT2D eigenvalue weighted by molar-refractivity contribution is 8.05. The van der Waals surface area contributed by atoms with E-state index >= 15 is 0 Å². The molecule has 0 bridgehead atoms. The van der Waals surface area contributed by atoms with Gasteiger partial charge in [-0.3, -0.25) is 14.5 Å². The number of hydrogen-bond acceptors (Lipinski definition) is 4. The molecular formula is C19H12Cl2FN3O2S. The summed E-state index contributed by atoms with van der Waals surface area (Å²) in [5, 5.41) is 9.70. The number of amides is 2. The van der Waals surface area contributed by atoms with Crippen molar-refractivity contribution in [2.75, 3.05) is 4.90 Å². The van der Waals surface area contributed by atoms with Crippen LogP contribution in [0.25, 0.3) is 0 Å². The Morgan fingerprint density at radius 1 is 1.25 bits per heavy atom. The van der Waals surface area contributed by atoms with Gasteiger partial charge < -0.3 is 5.73 Å². The first kappa shape index (κ1) is 20.2. The monoisotopic (exact) mass is 435 g/mol. The minimum atomic E-state index is -0.952. The van der Waals surface area contributed by atoms with Crippen molar-refractivity contribution in [1.29, 1.82) is 5.26 Å². The number of carbonyl (C=O) groups is 2. The second kappa shape index (κ2) is 8.23. The molecule has 2 aromatic rings. The van der Waals surface area contributed by atoms with Gasteiger partial charge in [-0.15, -0.1) is 0 Å². The van der Waals surface area contributed by atoms with Crippen LogP contribution in [0.1, 0.15) is 5.56 Å². The molecule has 28 heavy (non-hydrogen) atoms. The van der Waals surface area contributed by atoms with Crippen LogP contribution in [0, 0.1) is 17.1 Å². The molecule has 2 amide bonds. The van der Waals surface area contributed by atoms with E-state index in [0.717, 1.165) is 11.8 Å². The molecule has 2 aromatic carbocycles. The molecule has 0 aromatic heterocycles. The van der Waals surface area contributed by atoms with Crippen LogP contribution in [0.3, 0.4) is 0 Å². The number of benzene rings is 2. The lowest BCUT2D eigenvalue weighted by Crippen LogP contribution is -2.31. The van der Waals surface area contributed by atoms with E-state index in [4.69, 9.17) is 28.9 Å². The summed E-state index contributed by atoms with van der Waals surface area (Å²) in [7, 11) is 0. The number of nitrogens with zero attached hydrogens (tertiary/aromatic N) is 2. The van der Waals surface area contributed by atoms with Gasteiger partial charge in [-0.2, -0.15) is 5.26 Å². The Balaban J connectivity index is 2.05. The number of halogens is 3. The fourth-order valence-corrected chi connectivity index (χ4v) is 4.42. The van der Waals surface area contributed by atoms with Crippen LogP contribution in [-0.2, 0) is 16.0 Å². The van der Waals surface area contributed by atoms with E-state index in [1.807, 2.05) is 0 Å². The van der Waals surface area contributed by atoms with Crippen molar-refractivity contribution in [3.05, 3.63) is 74.5 Å². The van der Waals surface area contributed by atoms with E-state index in [0.29, 0.717) is 21.3 Å². The van der Waals surface area contributed by atoms with Gasteiger partial charge in [0.25, 0.3) is 5.91 Å². The summed E-state index contributed by atoms with van der Waals surface area (Å²) >= 11 is 13.2. The summed E-state index contributed by atoms with van der Waals surface area (Å²) in [5.41, 5.74) is 5.94. The van der Waals surface area contributed by atoms with E-state index in [1.54, 1.807) is 24.3 Å². The molecule has 3 rings (SSSR count). The Bertz CT molecular complexity index is 1030. The number of nitriles is 1. The fraction of sp³-hybridized carbons (Fsp3) is 0.105. The van der Waals surface area contributed by atoms with Gasteiger partial charge in [-0.05, 0) is 54.4 Å². The molecule has 9 heteroatoms. The number of nitrogens with two attached hydrogens (primary N) is 1. The van der Waals surface area contributed by atoms with Gasteiger partial charge in [0.15, 0.2) is 0 Å². The smallest absolute Gasteiger partial charge is 0.262 e. The van der Waals surface area contributed by atoms with Crippen LogP contribution < -0.4 is 10.6 Å². The van der Waals surface area contributed by atoms with E-state index in [2.05, 4.69) is 0 Å². The third kappa shape index (κ3) is 3.99. The summed E-state index contributed by atoms with van der Waals surface area (Å²) in [5.74, 6) is -1.81. The van der Waals surface area contributed by atoms with Gasteiger partial charge in [-0.1, -0.05) is 35.0 Å². The molecule has 5 nitrogen and oxygen atoms in total. The minimum absolute atomic E-state index is 0.106. The summed E-state index contributed by atoms with van der Waals surface area (Å²) in [6.45, 7) is 0. The Kier molecular flexibility index (Phi) is 5.94. The lowest BCUT2D eigenvalue weighted by atomic mass is 10.1. The average molecular weight is 436 g/mol. The van der Waals surface area contributed by atoms with Crippen LogP contribution in [0.5, 0.6) is 0 Å². The quantitative estimate of drug-likeness (QED) is 0.579. The van der Waals surface area contributed by atoms with Gasteiger partial charge in [0.05, 0.1) is 5.25 Å². The number of rotatable bonds is 4. The lowest BCUT2D eigenvalue weighted by molar-refractivity contribution is -0.117. The third-order valence-corrected chi connectivity index (χ3v) is 5.89. The molecule has 0 spiro atoms. The fourth-order valence-electron chi connectivity index (χ4n) is 2.72. The standard InChI is InChI=1S/C19H12Cl2FN3O2S/c20-11-1-6-15(21)10(7-11)8-16-18(27)25(13-4-2-12(22)3-5-13)19(28-16)14(9-23)17(24)26/h1-7,16H,8H2,(H2,24,26)/b19-14+/t16-/m1/s1. The molecule has 1 aliphatic rings. The first-order valence-corrected chi connectivity index (χ1v) is 9.59. The number of anilines is 1. The summed E-state index contributed by atoms with van der Waals surface area (Å²) in [4.78, 5) is 26.0. The summed E-state index contributed by atoms with van der Waals surface area (Å²) in [6.07, 6.45) is 0.224. The summed E-state index contributed by atoms with van der Waals surface area (Å²) in [6, 6.07) is 11.8. The first-order valence-electron chi connectivity index (χ1n) is 7.96. The average Bonchev–Trinajstić information content (AvgIpc) is 2.95. The lowest BCUT2D eigenvalue weighted by Gasteiger charge is -2.18. The van der Waals surface area contributed by atoms with Crippen molar-refractivity contribution in [3.8, 4) is 6.07 Å². The number of carbonyl (C=O) groups excluding carboxylic acids is 2. The van der Waals surface area contributed by atoms with Crippen molar-refractivity contribution in [2.24, 2.45) is 5.73 Å². The van der Waals surface area contributed by atoms with Crippen LogP contribution in [-0.4, -0.2) is 17.1 Å². The van der Waals surface area contributed by atoms with Crippen molar-refractivity contribution in [3.63, 3.8) is 0 Å². The van der Waals surface area contributed by atoms with Crippen LogP contribution in [0.4, 0.5) is 10.1 Å². The molecule has 1 heterocycles. The molecule has 142 valence electrons. The normalized spacial score (nSPS) is 18.1. The Morgan fingerprint density at radius 3 is 2.54 bits per heavy atom. The maximum absolute atomic E-state index is 13.3. The maximum atomic E-state index is 13.3. The van der Waals surface area contributed by atoms with Gasteiger partial charge in [0.1, 0.15) is 22.5 Å². The van der Waals surface area contributed by atoms with E-state index in [-0.39, 0.29) is 22.9 Å². The molecule has 0 radical (unpaired) electrons. The van der Waals surface area contributed by atoms with E-state index < -0.39 is 17.0 Å². The van der Waals surface area contributed by atoms with E-state index in [9.17, 15) is 19.2 Å². The predicted molar refractivity (Wildman–Crippen MR) is 107 cm³/mol. The zero-order valence-corrected chi connectivity index (χ0v) is 16.5. The number of thioether (sulfide) groups is 1. The van der Waals surface area contributed by atoms with Crippen molar-refractivity contribution >= 4 is 52.5 Å². The molecule has 1 aliphatic heterocycles. The van der Waals surface area contributed by atoms with Crippen molar-refractivity contribution in [2.45, 2.75) is 11.7 Å². The third-order valence-electron chi connectivity index (χ3n) is 4.02. The highest BCUT2D eigenvalue weighted by Gasteiger charge is 2.40. The van der Waals surface area contributed by atoms with Gasteiger partial charge in [0, 0.05) is 15.7 Å². The molecule has 2 N–H and O–H groups in total. The second-order valence-corrected chi connectivity index (χ2v) is 7.89. The molecule has 1 fully saturated rings. The second-order valence-electron chi connectivity index (χ2n) is 5.85. The largest absolute Gasteiger partial charge is 0.365 e.